The summed E-state index contributed by atoms with van der Waals surface area (Å²) in [6, 6.07) is 10.0. The van der Waals surface area contributed by atoms with E-state index in [1.54, 1.807) is 6.07 Å². The van der Waals surface area contributed by atoms with E-state index in [-0.39, 0.29) is 28.5 Å². The molecular weight excluding hydrogens is 491 g/mol. The van der Waals surface area contributed by atoms with Crippen molar-refractivity contribution in [2.75, 3.05) is 18.4 Å². The molecule has 0 saturated carbocycles. The van der Waals surface area contributed by atoms with Crippen LogP contribution in [-0.4, -0.2) is 29.0 Å². The van der Waals surface area contributed by atoms with Gasteiger partial charge in [0.2, 0.25) is 0 Å². The average molecular weight is 522 g/mol. The van der Waals surface area contributed by atoms with Crippen LogP contribution in [0.3, 0.4) is 0 Å². The molecule has 1 aromatic carbocycles. The Morgan fingerprint density at radius 1 is 0.971 bits per heavy atom. The first-order valence-electron chi connectivity index (χ1n) is 11.9. The number of fused-ring (bicyclic) bond motifs is 2. The van der Waals surface area contributed by atoms with Gasteiger partial charge in [-0.2, -0.15) is 0 Å². The minimum absolute atomic E-state index is 0. The summed E-state index contributed by atoms with van der Waals surface area (Å²) in [4.78, 5) is 21.0. The van der Waals surface area contributed by atoms with E-state index in [1.165, 1.54) is 47.8 Å². The number of unbranched alkanes of at least 4 members (excludes halogenated alkanes) is 4. The third kappa shape index (κ3) is 6.74. The molecule has 0 fully saturated rings. The molecule has 0 saturated heterocycles. The van der Waals surface area contributed by atoms with Crippen LogP contribution < -0.4 is 10.6 Å². The van der Waals surface area contributed by atoms with Crippen molar-refractivity contribution in [1.29, 1.82) is 0 Å². The molecule has 0 spiro atoms. The summed E-state index contributed by atoms with van der Waals surface area (Å²) in [6.07, 6.45) is 11.6. The van der Waals surface area contributed by atoms with Crippen LogP contribution in [0.4, 0.5) is 5.69 Å². The van der Waals surface area contributed by atoms with Crippen LogP contribution in [0.2, 0.25) is 10.2 Å². The number of pyridine rings is 2. The summed E-state index contributed by atoms with van der Waals surface area (Å²) in [5.41, 5.74) is 5.53. The number of carbonyl (C=O) groups is 1. The number of amides is 1. The van der Waals surface area contributed by atoms with Crippen molar-refractivity contribution in [3.63, 3.8) is 0 Å². The third-order valence-corrected chi connectivity index (χ3v) is 6.85. The standard InChI is InChI=1S/C26H30Cl2N4O.ClH/c27-21-16-18(17-31-25(21)28)26(33)30-15-9-3-1-2-8-14-29-24-19-10-4-6-12-22(19)32-23-13-7-5-11-20(23)24;/h4,6,10,12,16-17H,1-3,5,7-9,11,13-15H2,(H,29,32)(H,30,33);1H. The van der Waals surface area contributed by atoms with Gasteiger partial charge in [0.05, 0.1) is 16.1 Å². The third-order valence-electron chi connectivity index (χ3n) is 6.17. The van der Waals surface area contributed by atoms with Crippen molar-refractivity contribution in [2.24, 2.45) is 0 Å². The number of carbonyl (C=O) groups excluding carboxylic acids is 1. The lowest BCUT2D eigenvalue weighted by molar-refractivity contribution is 0.0952. The van der Waals surface area contributed by atoms with E-state index in [1.807, 2.05) is 0 Å². The number of hydrogen-bond donors (Lipinski definition) is 2. The average Bonchev–Trinajstić information content (AvgIpc) is 2.83. The highest BCUT2D eigenvalue weighted by molar-refractivity contribution is 6.41. The van der Waals surface area contributed by atoms with Gasteiger partial charge < -0.3 is 10.6 Å². The summed E-state index contributed by atoms with van der Waals surface area (Å²) in [5.74, 6) is -0.168. The van der Waals surface area contributed by atoms with Crippen LogP contribution >= 0.6 is 35.6 Å². The molecule has 5 nitrogen and oxygen atoms in total. The Kier molecular flexibility index (Phi) is 10.2. The van der Waals surface area contributed by atoms with Gasteiger partial charge >= 0.3 is 0 Å². The fraction of sp³-hybridized carbons (Fsp3) is 0.423. The molecule has 2 heterocycles. The summed E-state index contributed by atoms with van der Waals surface area (Å²) >= 11 is 11.7. The largest absolute Gasteiger partial charge is 0.384 e. The highest BCUT2D eigenvalue weighted by Gasteiger charge is 2.17. The Morgan fingerprint density at radius 2 is 1.71 bits per heavy atom. The molecule has 0 bridgehead atoms. The van der Waals surface area contributed by atoms with Crippen molar-refractivity contribution in [3.05, 3.63) is 63.5 Å². The molecule has 0 radical (unpaired) electrons. The minimum atomic E-state index is -0.168. The predicted molar refractivity (Wildman–Crippen MR) is 144 cm³/mol. The molecule has 34 heavy (non-hydrogen) atoms. The Morgan fingerprint density at radius 3 is 2.53 bits per heavy atom. The van der Waals surface area contributed by atoms with Crippen LogP contribution in [0.5, 0.6) is 0 Å². The van der Waals surface area contributed by atoms with E-state index in [2.05, 4.69) is 39.9 Å². The molecular formula is C26H31Cl3N4O. The Bertz CT molecular complexity index is 1120. The van der Waals surface area contributed by atoms with Gasteiger partial charge in [-0.1, -0.05) is 60.7 Å². The maximum absolute atomic E-state index is 12.1. The van der Waals surface area contributed by atoms with E-state index in [0.717, 1.165) is 50.6 Å². The van der Waals surface area contributed by atoms with Gasteiger partial charge in [0.15, 0.2) is 0 Å². The summed E-state index contributed by atoms with van der Waals surface area (Å²) in [7, 11) is 0. The first kappa shape index (κ1) is 26.5. The molecule has 182 valence electrons. The number of benzene rings is 1. The molecule has 1 aliphatic carbocycles. The molecule has 0 atom stereocenters. The number of nitrogens with zero attached hydrogens (tertiary/aromatic N) is 2. The summed E-state index contributed by atoms with van der Waals surface area (Å²) in [5, 5.41) is 8.39. The fourth-order valence-corrected chi connectivity index (χ4v) is 4.69. The fourth-order valence-electron chi connectivity index (χ4n) is 4.42. The van der Waals surface area contributed by atoms with Crippen molar-refractivity contribution in [3.8, 4) is 0 Å². The number of aromatic nitrogens is 2. The molecule has 1 aliphatic rings. The van der Waals surface area contributed by atoms with E-state index < -0.39 is 0 Å². The zero-order valence-electron chi connectivity index (χ0n) is 19.2. The first-order valence-corrected chi connectivity index (χ1v) is 12.6. The van der Waals surface area contributed by atoms with Crippen molar-refractivity contribution < 1.29 is 4.79 Å². The van der Waals surface area contributed by atoms with E-state index >= 15 is 0 Å². The molecule has 4 rings (SSSR count). The normalized spacial score (nSPS) is 12.6. The minimum Gasteiger partial charge on any atom is -0.384 e. The van der Waals surface area contributed by atoms with Crippen molar-refractivity contribution >= 4 is 58.1 Å². The van der Waals surface area contributed by atoms with Crippen LogP contribution in [0.25, 0.3) is 10.9 Å². The van der Waals surface area contributed by atoms with Crippen LogP contribution in [0.15, 0.2) is 36.5 Å². The van der Waals surface area contributed by atoms with E-state index in [9.17, 15) is 4.79 Å². The van der Waals surface area contributed by atoms with Crippen LogP contribution in [0, 0.1) is 0 Å². The molecule has 2 aromatic heterocycles. The number of halogens is 3. The van der Waals surface area contributed by atoms with Gasteiger partial charge in [-0.25, -0.2) is 4.98 Å². The smallest absolute Gasteiger partial charge is 0.252 e. The lowest BCUT2D eigenvalue weighted by atomic mass is 9.92. The SMILES string of the molecule is Cl.O=C(NCCCCCCCNc1c2c(nc3ccccc13)CCCC2)c1cnc(Cl)c(Cl)c1. The van der Waals surface area contributed by atoms with Crippen LogP contribution in [0.1, 0.15) is 66.6 Å². The first-order chi connectivity index (χ1) is 16.1. The molecule has 3 aromatic rings. The van der Waals surface area contributed by atoms with E-state index in [4.69, 9.17) is 28.2 Å². The zero-order valence-corrected chi connectivity index (χ0v) is 21.5. The number of rotatable bonds is 10. The van der Waals surface area contributed by atoms with Crippen molar-refractivity contribution in [1.82, 2.24) is 15.3 Å². The Hall–Kier alpha value is -2.08. The molecule has 8 heteroatoms. The molecule has 1 amide bonds. The maximum Gasteiger partial charge on any atom is 0.252 e. The lowest BCUT2D eigenvalue weighted by Gasteiger charge is -2.21. The highest BCUT2D eigenvalue weighted by Crippen LogP contribution is 2.33. The zero-order chi connectivity index (χ0) is 23.0. The molecule has 0 unspecified atom stereocenters. The second kappa shape index (κ2) is 13.1. The van der Waals surface area contributed by atoms with Crippen LogP contribution in [-0.2, 0) is 12.8 Å². The molecule has 0 aliphatic heterocycles. The second-order valence-corrected chi connectivity index (χ2v) is 9.35. The van der Waals surface area contributed by atoms with Gasteiger partial charge in [0.1, 0.15) is 5.15 Å². The quantitative estimate of drug-likeness (QED) is 0.222. The number of anilines is 1. The number of nitrogens with one attached hydrogen (secondary N) is 2. The van der Waals surface area contributed by atoms with E-state index in [0.29, 0.717) is 12.1 Å². The Labute approximate surface area is 217 Å². The van der Waals surface area contributed by atoms with Gasteiger partial charge in [0, 0.05) is 36.1 Å². The molecule has 2 N–H and O–H groups in total. The van der Waals surface area contributed by atoms with Gasteiger partial charge in [-0.3, -0.25) is 9.78 Å². The van der Waals surface area contributed by atoms with Crippen molar-refractivity contribution in [2.45, 2.75) is 57.8 Å². The number of para-hydroxylation sites is 1. The van der Waals surface area contributed by atoms with Gasteiger partial charge in [0.25, 0.3) is 5.91 Å². The van der Waals surface area contributed by atoms with Gasteiger partial charge in [-0.15, -0.1) is 12.4 Å². The number of hydrogen-bond acceptors (Lipinski definition) is 4. The maximum atomic E-state index is 12.1. The topological polar surface area (TPSA) is 66.9 Å². The second-order valence-electron chi connectivity index (χ2n) is 8.58. The Balaban J connectivity index is 0.00000324. The lowest BCUT2D eigenvalue weighted by Crippen LogP contribution is -2.24. The monoisotopic (exact) mass is 520 g/mol. The highest BCUT2D eigenvalue weighted by atomic mass is 35.5. The summed E-state index contributed by atoms with van der Waals surface area (Å²) < 4.78 is 0. The van der Waals surface area contributed by atoms with Gasteiger partial charge in [-0.05, 0) is 56.2 Å². The summed E-state index contributed by atoms with van der Waals surface area (Å²) in [6.45, 7) is 1.62. The number of aryl methyl sites for hydroxylation is 1. The predicted octanol–water partition coefficient (Wildman–Crippen LogP) is 7.03.